The number of hydrogen-bond acceptors (Lipinski definition) is 4. The predicted molar refractivity (Wildman–Crippen MR) is 89.5 cm³/mol. The maximum Gasteiger partial charge on any atom is 0.180 e. The monoisotopic (exact) mass is 310 g/mol. The highest BCUT2D eigenvalue weighted by Gasteiger charge is 2.07. The van der Waals surface area contributed by atoms with Crippen molar-refractivity contribution in [2.24, 2.45) is 0 Å². The first-order valence-corrected chi connectivity index (χ1v) is 7.30. The topological polar surface area (TPSA) is 50.7 Å². The van der Waals surface area contributed by atoms with Gasteiger partial charge in [0, 0.05) is 28.2 Å². The fourth-order valence-corrected chi connectivity index (χ4v) is 2.22. The van der Waals surface area contributed by atoms with E-state index < -0.39 is 0 Å². The molecule has 1 aromatic carbocycles. The average molecular weight is 311 g/mol. The summed E-state index contributed by atoms with van der Waals surface area (Å²) in [4.78, 5) is 13.5. The van der Waals surface area contributed by atoms with Crippen molar-refractivity contribution in [2.45, 2.75) is 13.8 Å². The van der Waals surface area contributed by atoms with Gasteiger partial charge in [-0.1, -0.05) is 17.7 Å². The van der Waals surface area contributed by atoms with Crippen LogP contribution in [0.15, 0.2) is 48.5 Å². The van der Waals surface area contributed by atoms with Crippen molar-refractivity contribution >= 4 is 23.1 Å². The Morgan fingerprint density at radius 3 is 2.36 bits per heavy atom. The van der Waals surface area contributed by atoms with Crippen LogP contribution in [0.4, 0.5) is 11.5 Å². The van der Waals surface area contributed by atoms with E-state index in [1.54, 1.807) is 0 Å². The first-order valence-electron chi connectivity index (χ1n) is 6.92. The molecule has 0 amide bonds. The van der Waals surface area contributed by atoms with E-state index in [2.05, 4.69) is 20.3 Å². The minimum Gasteiger partial charge on any atom is -0.340 e. The molecule has 0 saturated heterocycles. The molecular weight excluding hydrogens is 296 g/mol. The van der Waals surface area contributed by atoms with Gasteiger partial charge in [0.25, 0.3) is 0 Å². The third-order valence-electron chi connectivity index (χ3n) is 3.09. The minimum absolute atomic E-state index is 0.611. The first-order chi connectivity index (χ1) is 10.6. The average Bonchev–Trinajstić information content (AvgIpc) is 2.49. The quantitative estimate of drug-likeness (QED) is 0.771. The molecule has 0 unspecified atom stereocenters. The fourth-order valence-electron chi connectivity index (χ4n) is 2.10. The third-order valence-corrected chi connectivity index (χ3v) is 3.34. The normalized spacial score (nSPS) is 10.5. The van der Waals surface area contributed by atoms with Crippen LogP contribution in [0.5, 0.6) is 0 Å². The molecule has 0 radical (unpaired) electrons. The summed E-state index contributed by atoms with van der Waals surface area (Å²) in [6.45, 7) is 3.89. The molecule has 0 spiro atoms. The lowest BCUT2D eigenvalue weighted by Gasteiger charge is -2.09. The second-order valence-electron chi connectivity index (χ2n) is 5.01. The molecule has 5 heteroatoms. The maximum absolute atomic E-state index is 5.90. The van der Waals surface area contributed by atoms with Crippen molar-refractivity contribution in [1.82, 2.24) is 15.0 Å². The van der Waals surface area contributed by atoms with Crippen LogP contribution in [-0.4, -0.2) is 15.0 Å². The van der Waals surface area contributed by atoms with Crippen molar-refractivity contribution in [3.05, 3.63) is 64.9 Å². The number of anilines is 2. The molecule has 2 heterocycles. The van der Waals surface area contributed by atoms with Crippen LogP contribution in [0.25, 0.3) is 11.5 Å². The number of aryl methyl sites for hydroxylation is 2. The van der Waals surface area contributed by atoms with E-state index >= 15 is 0 Å². The lowest BCUT2D eigenvalue weighted by atomic mass is 10.3. The number of rotatable bonds is 3. The fraction of sp³-hybridized carbons (Fsp3) is 0.118. The van der Waals surface area contributed by atoms with Crippen LogP contribution in [0, 0.1) is 13.8 Å². The van der Waals surface area contributed by atoms with Gasteiger partial charge in [-0.15, -0.1) is 0 Å². The summed E-state index contributed by atoms with van der Waals surface area (Å²) < 4.78 is 0. The van der Waals surface area contributed by atoms with Gasteiger partial charge in [-0.05, 0) is 50.2 Å². The van der Waals surface area contributed by atoms with E-state index in [0.29, 0.717) is 10.8 Å². The second kappa shape index (κ2) is 6.12. The Bertz CT molecular complexity index is 800. The van der Waals surface area contributed by atoms with Gasteiger partial charge in [-0.3, -0.25) is 0 Å². The molecule has 0 saturated carbocycles. The van der Waals surface area contributed by atoms with Gasteiger partial charge in [0.05, 0.1) is 0 Å². The van der Waals surface area contributed by atoms with E-state index in [9.17, 15) is 0 Å². The molecule has 0 fully saturated rings. The summed E-state index contributed by atoms with van der Waals surface area (Å²) in [5.41, 5.74) is 3.51. The molecule has 1 N–H and O–H groups in total. The lowest BCUT2D eigenvalue weighted by molar-refractivity contribution is 1.08. The second-order valence-corrected chi connectivity index (χ2v) is 5.45. The largest absolute Gasteiger partial charge is 0.340 e. The molecule has 0 bridgehead atoms. The van der Waals surface area contributed by atoms with Gasteiger partial charge in [0.15, 0.2) is 5.82 Å². The van der Waals surface area contributed by atoms with Crippen LogP contribution in [0.1, 0.15) is 11.4 Å². The number of nitrogens with zero attached hydrogens (tertiary/aromatic N) is 3. The SMILES string of the molecule is Cc1cccc(-c2nc(C)cc(Nc3ccc(Cl)cc3)n2)n1. The summed E-state index contributed by atoms with van der Waals surface area (Å²) in [6, 6.07) is 15.2. The van der Waals surface area contributed by atoms with Crippen molar-refractivity contribution in [2.75, 3.05) is 5.32 Å². The Balaban J connectivity index is 1.94. The van der Waals surface area contributed by atoms with E-state index in [0.717, 1.165) is 28.6 Å². The van der Waals surface area contributed by atoms with Crippen molar-refractivity contribution in [3.8, 4) is 11.5 Å². The summed E-state index contributed by atoms with van der Waals surface area (Å²) >= 11 is 5.90. The number of aromatic nitrogens is 3. The summed E-state index contributed by atoms with van der Waals surface area (Å²) in [6.07, 6.45) is 0. The van der Waals surface area contributed by atoms with Crippen molar-refractivity contribution < 1.29 is 0 Å². The molecule has 0 aliphatic carbocycles. The molecule has 3 rings (SSSR count). The lowest BCUT2D eigenvalue weighted by Crippen LogP contribution is -2.00. The Hall–Kier alpha value is -2.46. The van der Waals surface area contributed by atoms with E-state index in [-0.39, 0.29) is 0 Å². The van der Waals surface area contributed by atoms with Crippen molar-refractivity contribution in [1.29, 1.82) is 0 Å². The highest BCUT2D eigenvalue weighted by molar-refractivity contribution is 6.30. The number of halogens is 1. The molecule has 0 aliphatic heterocycles. The molecule has 22 heavy (non-hydrogen) atoms. The van der Waals surface area contributed by atoms with E-state index in [4.69, 9.17) is 11.6 Å². The van der Waals surface area contributed by atoms with Gasteiger partial charge in [-0.2, -0.15) is 0 Å². The van der Waals surface area contributed by atoms with Crippen LogP contribution >= 0.6 is 11.6 Å². The van der Waals surface area contributed by atoms with Gasteiger partial charge >= 0.3 is 0 Å². The molecule has 4 nitrogen and oxygen atoms in total. The molecule has 0 atom stereocenters. The van der Waals surface area contributed by atoms with Crippen LogP contribution in [-0.2, 0) is 0 Å². The predicted octanol–water partition coefficient (Wildman–Crippen LogP) is 4.55. The smallest absolute Gasteiger partial charge is 0.180 e. The van der Waals surface area contributed by atoms with Gasteiger partial charge in [-0.25, -0.2) is 15.0 Å². The van der Waals surface area contributed by atoms with Crippen molar-refractivity contribution in [3.63, 3.8) is 0 Å². The Labute approximate surface area is 134 Å². The van der Waals surface area contributed by atoms with Gasteiger partial charge in [0.1, 0.15) is 11.5 Å². The molecule has 3 aromatic rings. The van der Waals surface area contributed by atoms with Crippen LogP contribution < -0.4 is 5.32 Å². The number of nitrogens with one attached hydrogen (secondary N) is 1. The van der Waals surface area contributed by atoms with Gasteiger partial charge < -0.3 is 5.32 Å². The zero-order valence-electron chi connectivity index (χ0n) is 12.3. The van der Waals surface area contributed by atoms with E-state index in [1.807, 2.05) is 62.4 Å². The van der Waals surface area contributed by atoms with Crippen LogP contribution in [0.2, 0.25) is 5.02 Å². The summed E-state index contributed by atoms with van der Waals surface area (Å²) in [7, 11) is 0. The minimum atomic E-state index is 0.611. The third kappa shape index (κ3) is 3.40. The summed E-state index contributed by atoms with van der Waals surface area (Å²) in [5, 5.41) is 3.96. The first kappa shape index (κ1) is 14.5. The van der Waals surface area contributed by atoms with Crippen LogP contribution in [0.3, 0.4) is 0 Å². The Kier molecular flexibility index (Phi) is 4.02. The molecule has 0 aliphatic rings. The highest BCUT2D eigenvalue weighted by atomic mass is 35.5. The highest BCUT2D eigenvalue weighted by Crippen LogP contribution is 2.21. The number of pyridine rings is 1. The van der Waals surface area contributed by atoms with Gasteiger partial charge in [0.2, 0.25) is 0 Å². The maximum atomic E-state index is 5.90. The summed E-state index contributed by atoms with van der Waals surface area (Å²) in [5.74, 6) is 1.34. The standard InChI is InChI=1S/C17H15ClN4/c1-11-4-3-5-15(19-11)17-20-12(2)10-16(22-17)21-14-8-6-13(18)7-9-14/h3-10H,1-2H3,(H,20,21,22). The Morgan fingerprint density at radius 2 is 1.64 bits per heavy atom. The molecule has 2 aromatic heterocycles. The Morgan fingerprint density at radius 1 is 0.864 bits per heavy atom. The van der Waals surface area contributed by atoms with E-state index in [1.165, 1.54) is 0 Å². The molecule has 110 valence electrons. The zero-order chi connectivity index (χ0) is 15.5. The number of benzene rings is 1. The molecular formula is C17H15ClN4. The zero-order valence-corrected chi connectivity index (χ0v) is 13.1. The number of hydrogen-bond donors (Lipinski definition) is 1.